The van der Waals surface area contributed by atoms with E-state index in [1.165, 1.54) is 29.4 Å². The highest BCUT2D eigenvalue weighted by Gasteiger charge is 2.23. The highest BCUT2D eigenvalue weighted by molar-refractivity contribution is 7.90. The van der Waals surface area contributed by atoms with E-state index in [1.54, 1.807) is 25.2 Å². The molecule has 0 atom stereocenters. The summed E-state index contributed by atoms with van der Waals surface area (Å²) in [6.45, 7) is 2.35. The fraction of sp³-hybridized carbons (Fsp3) is 0.267. The van der Waals surface area contributed by atoms with E-state index >= 15 is 0 Å². The number of sulfone groups is 1. The van der Waals surface area contributed by atoms with E-state index in [9.17, 15) is 13.2 Å². The Morgan fingerprint density at radius 1 is 1.19 bits per heavy atom. The summed E-state index contributed by atoms with van der Waals surface area (Å²) in [6, 6.07) is 9.68. The first-order valence-electron chi connectivity index (χ1n) is 6.55. The van der Waals surface area contributed by atoms with Crippen LogP contribution >= 0.6 is 0 Å². The average molecular weight is 307 g/mol. The number of carbonyl (C=O) groups is 1. The Morgan fingerprint density at radius 2 is 1.86 bits per heavy atom. The molecule has 0 fully saturated rings. The number of nitrogens with zero attached hydrogens (tertiary/aromatic N) is 1. The number of carbonyl (C=O) groups excluding carboxylic acids is 1. The van der Waals surface area contributed by atoms with Crippen molar-refractivity contribution in [3.63, 3.8) is 0 Å². The third-order valence-corrected chi connectivity index (χ3v) is 4.89. The van der Waals surface area contributed by atoms with Gasteiger partial charge in [0.05, 0.1) is 16.9 Å². The lowest BCUT2D eigenvalue weighted by atomic mass is 10.2. The number of furan rings is 1. The molecule has 0 saturated heterocycles. The second-order valence-corrected chi connectivity index (χ2v) is 6.66. The van der Waals surface area contributed by atoms with Crippen molar-refractivity contribution in [3.8, 4) is 0 Å². The van der Waals surface area contributed by atoms with Gasteiger partial charge in [-0.05, 0) is 25.1 Å². The second kappa shape index (κ2) is 6.13. The zero-order valence-electron chi connectivity index (χ0n) is 11.9. The van der Waals surface area contributed by atoms with Gasteiger partial charge in [-0.1, -0.05) is 18.2 Å². The average Bonchev–Trinajstić information content (AvgIpc) is 2.94. The summed E-state index contributed by atoms with van der Waals surface area (Å²) in [4.78, 5) is 13.8. The van der Waals surface area contributed by atoms with Crippen LogP contribution in [0.2, 0.25) is 0 Å². The molecule has 0 spiro atoms. The first kappa shape index (κ1) is 15.3. The molecular formula is C15H17NO4S. The summed E-state index contributed by atoms with van der Waals surface area (Å²) < 4.78 is 29.9. The van der Waals surface area contributed by atoms with Gasteiger partial charge in [0.25, 0.3) is 5.91 Å². The van der Waals surface area contributed by atoms with Crippen LogP contribution < -0.4 is 0 Å². The summed E-state index contributed by atoms with van der Waals surface area (Å²) in [5.41, 5.74) is 0.379. The van der Waals surface area contributed by atoms with Crippen LogP contribution in [0.3, 0.4) is 0 Å². The number of amides is 1. The largest absolute Gasteiger partial charge is 0.459 e. The molecule has 1 aromatic heterocycles. The lowest BCUT2D eigenvalue weighted by Crippen LogP contribution is -2.26. The van der Waals surface area contributed by atoms with Crippen molar-refractivity contribution in [1.82, 2.24) is 4.90 Å². The number of hydrogen-bond donors (Lipinski definition) is 0. The molecule has 1 aromatic carbocycles. The van der Waals surface area contributed by atoms with E-state index in [4.69, 9.17) is 4.42 Å². The van der Waals surface area contributed by atoms with Gasteiger partial charge in [0.15, 0.2) is 15.6 Å². The molecule has 1 heterocycles. The smallest absolute Gasteiger partial charge is 0.289 e. The zero-order valence-corrected chi connectivity index (χ0v) is 12.8. The van der Waals surface area contributed by atoms with Crippen molar-refractivity contribution in [1.29, 1.82) is 0 Å². The quantitative estimate of drug-likeness (QED) is 0.850. The fourth-order valence-electron chi connectivity index (χ4n) is 1.87. The predicted octanol–water partition coefficient (Wildman–Crippen LogP) is 2.35. The Hall–Kier alpha value is -2.08. The third-order valence-electron chi connectivity index (χ3n) is 3.21. The summed E-state index contributed by atoms with van der Waals surface area (Å²) in [6.07, 6.45) is 1.34. The summed E-state index contributed by atoms with van der Waals surface area (Å²) in [5, 5.41) is 0. The van der Waals surface area contributed by atoms with Crippen LogP contribution in [-0.4, -0.2) is 32.8 Å². The van der Waals surface area contributed by atoms with Crippen molar-refractivity contribution in [3.05, 3.63) is 54.0 Å². The molecule has 0 bridgehead atoms. The van der Waals surface area contributed by atoms with Crippen LogP contribution in [0.5, 0.6) is 0 Å². The molecule has 0 unspecified atom stereocenters. The molecule has 2 rings (SSSR count). The molecule has 0 radical (unpaired) electrons. The number of hydrogen-bond acceptors (Lipinski definition) is 4. The van der Waals surface area contributed by atoms with E-state index in [2.05, 4.69) is 0 Å². The van der Waals surface area contributed by atoms with Gasteiger partial charge < -0.3 is 9.32 Å². The van der Waals surface area contributed by atoms with Gasteiger partial charge >= 0.3 is 0 Å². The molecule has 5 nitrogen and oxygen atoms in total. The maximum Gasteiger partial charge on any atom is 0.289 e. The van der Waals surface area contributed by atoms with Crippen LogP contribution in [0.15, 0.2) is 52.0 Å². The zero-order chi connectivity index (χ0) is 15.5. The Balaban J connectivity index is 2.30. The lowest BCUT2D eigenvalue weighted by Gasteiger charge is -2.13. The van der Waals surface area contributed by atoms with Crippen molar-refractivity contribution >= 4 is 15.7 Å². The Kier molecular flexibility index (Phi) is 4.47. The highest BCUT2D eigenvalue weighted by atomic mass is 32.2. The molecule has 21 heavy (non-hydrogen) atoms. The van der Waals surface area contributed by atoms with Crippen LogP contribution in [0.25, 0.3) is 0 Å². The number of rotatable bonds is 5. The van der Waals surface area contributed by atoms with Gasteiger partial charge in [-0.15, -0.1) is 0 Å². The van der Waals surface area contributed by atoms with E-state index in [1.807, 2.05) is 6.92 Å². The fourth-order valence-corrected chi connectivity index (χ4v) is 3.25. The molecule has 0 saturated carbocycles. The van der Waals surface area contributed by atoms with Gasteiger partial charge in [0.2, 0.25) is 0 Å². The van der Waals surface area contributed by atoms with Gasteiger partial charge in [0.1, 0.15) is 0 Å². The van der Waals surface area contributed by atoms with Gasteiger partial charge in [0, 0.05) is 19.2 Å². The third kappa shape index (κ3) is 3.33. The maximum atomic E-state index is 12.3. The van der Waals surface area contributed by atoms with Crippen molar-refractivity contribution in [2.75, 3.05) is 13.6 Å². The number of benzene rings is 1. The Bertz CT molecular complexity index is 719. The monoisotopic (exact) mass is 307 g/mol. The molecule has 0 aliphatic carbocycles. The van der Waals surface area contributed by atoms with Crippen molar-refractivity contribution in [2.24, 2.45) is 0 Å². The Labute approximate surface area is 124 Å². The van der Waals surface area contributed by atoms with E-state index in [0.717, 1.165) is 0 Å². The summed E-state index contributed by atoms with van der Waals surface area (Å²) >= 11 is 0. The van der Waals surface area contributed by atoms with Gasteiger partial charge in [-0.25, -0.2) is 8.42 Å². The molecule has 0 aliphatic heterocycles. The second-order valence-electron chi connectivity index (χ2n) is 4.67. The van der Waals surface area contributed by atoms with Gasteiger partial charge in [-0.3, -0.25) is 4.79 Å². The highest BCUT2D eigenvalue weighted by Crippen LogP contribution is 2.20. The lowest BCUT2D eigenvalue weighted by molar-refractivity contribution is 0.0770. The van der Waals surface area contributed by atoms with Crippen LogP contribution in [0.4, 0.5) is 0 Å². The van der Waals surface area contributed by atoms with Crippen LogP contribution in [0, 0.1) is 0 Å². The topological polar surface area (TPSA) is 67.6 Å². The van der Waals surface area contributed by atoms with E-state index in [-0.39, 0.29) is 22.3 Å². The first-order chi connectivity index (χ1) is 9.95. The predicted molar refractivity (Wildman–Crippen MR) is 78.7 cm³/mol. The molecule has 2 aromatic rings. The van der Waals surface area contributed by atoms with E-state index < -0.39 is 9.84 Å². The molecular weight excluding hydrogens is 290 g/mol. The SMILES string of the molecule is CCN(C)C(=O)c1occc1CS(=O)(=O)c1ccccc1. The summed E-state index contributed by atoms with van der Waals surface area (Å²) in [5.74, 6) is -0.494. The minimum atomic E-state index is -3.50. The summed E-state index contributed by atoms with van der Waals surface area (Å²) in [7, 11) is -1.86. The van der Waals surface area contributed by atoms with Crippen LogP contribution in [0.1, 0.15) is 23.0 Å². The molecule has 0 N–H and O–H groups in total. The Morgan fingerprint density at radius 3 is 2.48 bits per heavy atom. The molecule has 6 heteroatoms. The molecule has 0 aliphatic rings. The standard InChI is InChI=1S/C15H17NO4S/c1-3-16(2)15(17)14-12(9-10-20-14)11-21(18,19)13-7-5-4-6-8-13/h4-10H,3,11H2,1-2H3. The minimum absolute atomic E-state index is 0.0823. The van der Waals surface area contributed by atoms with Crippen LogP contribution in [-0.2, 0) is 15.6 Å². The first-order valence-corrected chi connectivity index (χ1v) is 8.20. The minimum Gasteiger partial charge on any atom is -0.459 e. The molecule has 112 valence electrons. The van der Waals surface area contributed by atoms with Crippen molar-refractivity contribution in [2.45, 2.75) is 17.6 Å². The molecule has 1 amide bonds. The normalized spacial score (nSPS) is 11.3. The maximum absolute atomic E-state index is 12.3. The van der Waals surface area contributed by atoms with Crippen molar-refractivity contribution < 1.29 is 17.6 Å². The van der Waals surface area contributed by atoms with E-state index in [0.29, 0.717) is 12.1 Å². The van der Waals surface area contributed by atoms with Gasteiger partial charge in [-0.2, -0.15) is 0 Å².